The molecule has 16 heavy (non-hydrogen) atoms. The Morgan fingerprint density at radius 1 is 1.31 bits per heavy atom. The predicted molar refractivity (Wildman–Crippen MR) is 72.3 cm³/mol. The van der Waals surface area contributed by atoms with Crippen molar-refractivity contribution in [1.29, 1.82) is 0 Å². The maximum absolute atomic E-state index is 5.40. The van der Waals surface area contributed by atoms with Crippen LogP contribution in [-0.4, -0.2) is 12.6 Å². The van der Waals surface area contributed by atoms with E-state index < -0.39 is 0 Å². The molecule has 0 aromatic heterocycles. The van der Waals surface area contributed by atoms with Gasteiger partial charge in [0.2, 0.25) is 0 Å². The first kappa shape index (κ1) is 13.5. The van der Waals surface area contributed by atoms with Gasteiger partial charge in [0.25, 0.3) is 0 Å². The molecule has 0 fully saturated rings. The van der Waals surface area contributed by atoms with Crippen LogP contribution in [0, 0.1) is 0 Å². The van der Waals surface area contributed by atoms with Crippen LogP contribution in [-0.2, 0) is 12.0 Å². The maximum Gasteiger partial charge on any atom is 0.122 e. The third-order valence-electron chi connectivity index (χ3n) is 2.50. The van der Waals surface area contributed by atoms with Gasteiger partial charge in [-0.15, -0.1) is 0 Å². The first-order chi connectivity index (χ1) is 7.49. The Bertz CT molecular complexity index is 344. The molecule has 1 rings (SSSR count). The number of rotatable bonds is 4. The normalized spacial score (nSPS) is 11.6. The lowest BCUT2D eigenvalue weighted by Gasteiger charge is -2.23. The Balaban J connectivity index is 3.02. The van der Waals surface area contributed by atoms with Gasteiger partial charge in [0.05, 0.1) is 12.6 Å². The van der Waals surface area contributed by atoms with Crippen molar-refractivity contribution in [1.82, 2.24) is 5.32 Å². The number of methoxy groups -OCH3 is 1. The number of hydrogen-bond donors (Lipinski definition) is 1. The summed E-state index contributed by atoms with van der Waals surface area (Å²) in [6, 6.07) is 6.37. The summed E-state index contributed by atoms with van der Waals surface area (Å²) in [5.41, 5.74) is 3.45. The zero-order chi connectivity index (χ0) is 12.2. The van der Waals surface area contributed by atoms with Crippen molar-refractivity contribution in [2.45, 2.75) is 32.7 Å². The fourth-order valence-corrected chi connectivity index (χ4v) is 1.84. The smallest absolute Gasteiger partial charge is 0.122 e. The van der Waals surface area contributed by atoms with Crippen LogP contribution in [0.4, 0.5) is 0 Å². The van der Waals surface area contributed by atoms with Crippen molar-refractivity contribution in [2.75, 3.05) is 12.6 Å². The molecule has 0 unspecified atom stereocenters. The maximum atomic E-state index is 5.40. The SMILES string of the molecule is COc1ccc(CNCBr)cc1C(C)(C)C. The van der Waals surface area contributed by atoms with E-state index in [1.54, 1.807) is 7.11 Å². The molecular weight excluding hydrogens is 266 g/mol. The van der Waals surface area contributed by atoms with Gasteiger partial charge in [-0.25, -0.2) is 0 Å². The fraction of sp³-hybridized carbons (Fsp3) is 0.538. The Labute approximate surface area is 107 Å². The number of alkyl halides is 1. The van der Waals surface area contributed by atoms with Crippen LogP contribution in [0.25, 0.3) is 0 Å². The topological polar surface area (TPSA) is 21.3 Å². The van der Waals surface area contributed by atoms with Gasteiger partial charge in [-0.2, -0.15) is 0 Å². The van der Waals surface area contributed by atoms with E-state index >= 15 is 0 Å². The summed E-state index contributed by atoms with van der Waals surface area (Å²) in [5.74, 6) is 0.968. The third-order valence-corrected chi connectivity index (χ3v) is 2.89. The minimum atomic E-state index is 0.107. The second-order valence-corrected chi connectivity index (χ2v) is 5.41. The molecule has 0 spiro atoms. The minimum absolute atomic E-state index is 0.107. The molecule has 0 radical (unpaired) electrons. The molecule has 0 amide bonds. The molecule has 0 heterocycles. The van der Waals surface area contributed by atoms with Crippen LogP contribution < -0.4 is 10.1 Å². The quantitative estimate of drug-likeness (QED) is 0.676. The second kappa shape index (κ2) is 5.69. The lowest BCUT2D eigenvalue weighted by Crippen LogP contribution is -2.15. The van der Waals surface area contributed by atoms with Crippen molar-refractivity contribution in [3.63, 3.8) is 0 Å². The monoisotopic (exact) mass is 285 g/mol. The minimum Gasteiger partial charge on any atom is -0.496 e. The molecule has 0 aliphatic carbocycles. The molecule has 1 N–H and O–H groups in total. The van der Waals surface area contributed by atoms with Crippen molar-refractivity contribution in [2.24, 2.45) is 0 Å². The molecule has 3 heteroatoms. The van der Waals surface area contributed by atoms with E-state index in [4.69, 9.17) is 4.74 Å². The Morgan fingerprint density at radius 2 is 2.00 bits per heavy atom. The van der Waals surface area contributed by atoms with E-state index in [0.717, 1.165) is 17.7 Å². The highest BCUT2D eigenvalue weighted by Gasteiger charge is 2.18. The van der Waals surface area contributed by atoms with Crippen LogP contribution >= 0.6 is 15.9 Å². The van der Waals surface area contributed by atoms with E-state index in [9.17, 15) is 0 Å². The van der Waals surface area contributed by atoms with Crippen LogP contribution in [0.5, 0.6) is 5.75 Å². The summed E-state index contributed by atoms with van der Waals surface area (Å²) < 4.78 is 5.40. The van der Waals surface area contributed by atoms with Crippen LogP contribution in [0.1, 0.15) is 31.9 Å². The number of nitrogens with one attached hydrogen (secondary N) is 1. The molecule has 0 saturated carbocycles. The summed E-state index contributed by atoms with van der Waals surface area (Å²) in [4.78, 5) is 0. The molecule has 0 bridgehead atoms. The summed E-state index contributed by atoms with van der Waals surface area (Å²) in [6.07, 6.45) is 0. The van der Waals surface area contributed by atoms with E-state index in [2.05, 4.69) is 54.2 Å². The molecule has 0 aliphatic heterocycles. The first-order valence-corrected chi connectivity index (χ1v) is 6.55. The van der Waals surface area contributed by atoms with Crippen molar-refractivity contribution in [3.8, 4) is 5.75 Å². The first-order valence-electron chi connectivity index (χ1n) is 5.43. The molecule has 1 aromatic rings. The highest BCUT2D eigenvalue weighted by molar-refractivity contribution is 9.09. The van der Waals surface area contributed by atoms with Gasteiger partial charge in [-0.1, -0.05) is 48.8 Å². The van der Waals surface area contributed by atoms with E-state index in [1.807, 2.05) is 6.07 Å². The van der Waals surface area contributed by atoms with Gasteiger partial charge in [-0.05, 0) is 22.6 Å². The number of ether oxygens (including phenoxy) is 1. The molecule has 0 aliphatic rings. The lowest BCUT2D eigenvalue weighted by atomic mass is 9.85. The molecule has 0 atom stereocenters. The van der Waals surface area contributed by atoms with Crippen LogP contribution in [0.3, 0.4) is 0 Å². The molecule has 2 nitrogen and oxygen atoms in total. The van der Waals surface area contributed by atoms with Crippen molar-refractivity contribution < 1.29 is 4.74 Å². The van der Waals surface area contributed by atoms with E-state index in [1.165, 1.54) is 11.1 Å². The lowest BCUT2D eigenvalue weighted by molar-refractivity contribution is 0.397. The zero-order valence-electron chi connectivity index (χ0n) is 10.4. The summed E-state index contributed by atoms with van der Waals surface area (Å²) in [7, 11) is 1.72. The van der Waals surface area contributed by atoms with Gasteiger partial charge in [0.15, 0.2) is 0 Å². The van der Waals surface area contributed by atoms with Gasteiger partial charge in [0.1, 0.15) is 5.75 Å². The molecule has 1 aromatic carbocycles. The Kier molecular flexibility index (Phi) is 4.81. The van der Waals surface area contributed by atoms with Crippen molar-refractivity contribution >= 4 is 15.9 Å². The van der Waals surface area contributed by atoms with Crippen LogP contribution in [0.15, 0.2) is 18.2 Å². The van der Waals surface area contributed by atoms with E-state index in [0.29, 0.717) is 0 Å². The number of benzene rings is 1. The summed E-state index contributed by atoms with van der Waals surface area (Å²) in [5, 5.41) is 3.26. The number of halogens is 1. The average Bonchev–Trinajstić information content (AvgIpc) is 2.24. The molecule has 90 valence electrons. The zero-order valence-corrected chi connectivity index (χ0v) is 12.0. The summed E-state index contributed by atoms with van der Waals surface area (Å²) in [6.45, 7) is 7.48. The largest absolute Gasteiger partial charge is 0.496 e. The Hall–Kier alpha value is -0.540. The number of hydrogen-bond acceptors (Lipinski definition) is 2. The molecule has 0 saturated heterocycles. The highest BCUT2D eigenvalue weighted by atomic mass is 79.9. The average molecular weight is 286 g/mol. The van der Waals surface area contributed by atoms with Gasteiger partial charge < -0.3 is 10.1 Å². The predicted octanol–water partition coefficient (Wildman–Crippen LogP) is 3.43. The van der Waals surface area contributed by atoms with Crippen molar-refractivity contribution in [3.05, 3.63) is 29.3 Å². The Morgan fingerprint density at radius 3 is 2.50 bits per heavy atom. The molecular formula is C13H20BrNO. The summed E-state index contributed by atoms with van der Waals surface area (Å²) >= 11 is 3.36. The highest BCUT2D eigenvalue weighted by Crippen LogP contribution is 2.31. The van der Waals surface area contributed by atoms with Gasteiger partial charge in [0, 0.05) is 6.54 Å². The fourth-order valence-electron chi connectivity index (χ4n) is 1.64. The standard InChI is InChI=1S/C13H20BrNO/c1-13(2,3)11-7-10(8-15-9-14)5-6-12(11)16-4/h5-7,15H,8-9H2,1-4H3. The van der Waals surface area contributed by atoms with Gasteiger partial charge in [-0.3, -0.25) is 0 Å². The van der Waals surface area contributed by atoms with Gasteiger partial charge >= 0.3 is 0 Å². The van der Waals surface area contributed by atoms with E-state index in [-0.39, 0.29) is 5.41 Å². The second-order valence-electron chi connectivity index (χ2n) is 4.85. The van der Waals surface area contributed by atoms with Crippen LogP contribution in [0.2, 0.25) is 0 Å². The third kappa shape index (κ3) is 3.49.